The molecule has 1 aromatic carbocycles. The molecule has 2 nitrogen and oxygen atoms in total. The summed E-state index contributed by atoms with van der Waals surface area (Å²) in [5.74, 6) is 0.267. The molecule has 0 unspecified atom stereocenters. The van der Waals surface area contributed by atoms with Crippen LogP contribution < -0.4 is 5.73 Å². The minimum absolute atomic E-state index is 0.0630. The molecule has 72 valence electrons. The predicted molar refractivity (Wildman–Crippen MR) is 57.9 cm³/mol. The lowest BCUT2D eigenvalue weighted by Crippen LogP contribution is -2.28. The highest BCUT2D eigenvalue weighted by molar-refractivity contribution is 9.10. The van der Waals surface area contributed by atoms with Crippen molar-refractivity contribution in [2.24, 2.45) is 5.73 Å². The normalized spacial score (nSPS) is 11.7. The van der Waals surface area contributed by atoms with Gasteiger partial charge in [-0.15, -0.1) is 0 Å². The summed E-state index contributed by atoms with van der Waals surface area (Å²) in [6, 6.07) is 5.26. The fourth-order valence-corrected chi connectivity index (χ4v) is 2.07. The van der Waals surface area contributed by atoms with Crippen LogP contribution in [0.5, 0.6) is 5.75 Å². The molecule has 0 bridgehead atoms. The zero-order chi connectivity index (χ0) is 10.1. The molecule has 13 heavy (non-hydrogen) atoms. The number of hydrogen-bond acceptors (Lipinski definition) is 2. The molecule has 0 radical (unpaired) electrons. The van der Waals surface area contributed by atoms with Gasteiger partial charge in [0.1, 0.15) is 5.75 Å². The smallest absolute Gasteiger partial charge is 0.116 e. The van der Waals surface area contributed by atoms with Crippen LogP contribution in [0.4, 0.5) is 0 Å². The Bertz CT molecular complexity index is 310. The van der Waals surface area contributed by atoms with E-state index in [0.717, 1.165) is 10.0 Å². The zero-order valence-corrected chi connectivity index (χ0v) is 9.43. The van der Waals surface area contributed by atoms with E-state index in [0.29, 0.717) is 6.54 Å². The second-order valence-electron chi connectivity index (χ2n) is 3.75. The molecule has 0 aromatic heterocycles. The molecular formula is C10H14BrNO. The Morgan fingerprint density at radius 1 is 1.46 bits per heavy atom. The summed E-state index contributed by atoms with van der Waals surface area (Å²) in [4.78, 5) is 0. The van der Waals surface area contributed by atoms with Gasteiger partial charge in [-0.2, -0.15) is 0 Å². The van der Waals surface area contributed by atoms with E-state index in [2.05, 4.69) is 29.8 Å². The maximum Gasteiger partial charge on any atom is 0.116 e. The third kappa shape index (κ3) is 2.23. The number of nitrogens with two attached hydrogens (primary N) is 1. The van der Waals surface area contributed by atoms with Gasteiger partial charge in [0, 0.05) is 16.4 Å². The Kier molecular flexibility index (Phi) is 2.98. The van der Waals surface area contributed by atoms with Gasteiger partial charge in [0.25, 0.3) is 0 Å². The number of hydrogen-bond donors (Lipinski definition) is 2. The van der Waals surface area contributed by atoms with Gasteiger partial charge in [-0.05, 0) is 17.7 Å². The molecule has 1 rings (SSSR count). The lowest BCUT2D eigenvalue weighted by Gasteiger charge is -2.24. The zero-order valence-electron chi connectivity index (χ0n) is 7.84. The van der Waals surface area contributed by atoms with Crippen LogP contribution in [0.1, 0.15) is 19.4 Å². The largest absolute Gasteiger partial charge is 0.508 e. The molecule has 0 fully saturated rings. The van der Waals surface area contributed by atoms with Crippen molar-refractivity contribution in [3.8, 4) is 5.75 Å². The summed E-state index contributed by atoms with van der Waals surface area (Å²) in [5, 5.41) is 9.21. The monoisotopic (exact) mass is 243 g/mol. The van der Waals surface area contributed by atoms with Crippen LogP contribution in [-0.4, -0.2) is 11.7 Å². The van der Waals surface area contributed by atoms with Crippen molar-refractivity contribution in [3.63, 3.8) is 0 Å². The van der Waals surface area contributed by atoms with E-state index in [1.165, 1.54) is 0 Å². The average molecular weight is 244 g/mol. The maximum atomic E-state index is 9.21. The van der Waals surface area contributed by atoms with E-state index in [1.54, 1.807) is 12.1 Å². The fourth-order valence-electron chi connectivity index (χ4n) is 1.16. The molecule has 0 amide bonds. The molecule has 0 heterocycles. The number of phenols is 1. The minimum atomic E-state index is -0.0630. The van der Waals surface area contributed by atoms with Crippen molar-refractivity contribution in [2.45, 2.75) is 19.3 Å². The van der Waals surface area contributed by atoms with Gasteiger partial charge in [0.15, 0.2) is 0 Å². The standard InChI is InChI=1S/C10H14BrNO/c1-10(2,6-12)8-4-3-7(13)5-9(8)11/h3-5,13H,6,12H2,1-2H3. The average Bonchev–Trinajstić information content (AvgIpc) is 2.03. The van der Waals surface area contributed by atoms with Crippen LogP contribution in [-0.2, 0) is 5.41 Å². The number of rotatable bonds is 2. The van der Waals surface area contributed by atoms with Crippen LogP contribution in [0.3, 0.4) is 0 Å². The third-order valence-corrected chi connectivity index (χ3v) is 2.85. The quantitative estimate of drug-likeness (QED) is 0.839. The molecule has 0 aliphatic heterocycles. The van der Waals surface area contributed by atoms with E-state index in [-0.39, 0.29) is 11.2 Å². The number of aromatic hydroxyl groups is 1. The van der Waals surface area contributed by atoms with E-state index >= 15 is 0 Å². The SMILES string of the molecule is CC(C)(CN)c1ccc(O)cc1Br. The van der Waals surface area contributed by atoms with E-state index in [1.807, 2.05) is 6.07 Å². The van der Waals surface area contributed by atoms with Gasteiger partial charge in [-0.1, -0.05) is 35.8 Å². The van der Waals surface area contributed by atoms with Gasteiger partial charge in [-0.25, -0.2) is 0 Å². The maximum absolute atomic E-state index is 9.21. The van der Waals surface area contributed by atoms with Crippen LogP contribution in [0.15, 0.2) is 22.7 Å². The summed E-state index contributed by atoms with van der Waals surface area (Å²) in [6.45, 7) is 4.73. The van der Waals surface area contributed by atoms with Gasteiger partial charge in [0.05, 0.1) is 0 Å². The van der Waals surface area contributed by atoms with Crippen molar-refractivity contribution < 1.29 is 5.11 Å². The Morgan fingerprint density at radius 2 is 2.08 bits per heavy atom. The first kappa shape index (κ1) is 10.5. The molecule has 0 atom stereocenters. The molecule has 3 N–H and O–H groups in total. The van der Waals surface area contributed by atoms with Crippen LogP contribution in [0.25, 0.3) is 0 Å². The number of phenolic OH excluding ortho intramolecular Hbond substituents is 1. The van der Waals surface area contributed by atoms with Gasteiger partial charge >= 0.3 is 0 Å². The van der Waals surface area contributed by atoms with Crippen molar-refractivity contribution in [3.05, 3.63) is 28.2 Å². The Balaban J connectivity index is 3.16. The molecule has 0 saturated carbocycles. The van der Waals surface area contributed by atoms with Gasteiger partial charge in [-0.3, -0.25) is 0 Å². The van der Waals surface area contributed by atoms with Crippen molar-refractivity contribution >= 4 is 15.9 Å². The van der Waals surface area contributed by atoms with Gasteiger partial charge in [0.2, 0.25) is 0 Å². The highest BCUT2D eigenvalue weighted by Crippen LogP contribution is 2.31. The topological polar surface area (TPSA) is 46.2 Å². The Hall–Kier alpha value is -0.540. The second-order valence-corrected chi connectivity index (χ2v) is 4.61. The molecular weight excluding hydrogens is 230 g/mol. The molecule has 0 aliphatic rings. The summed E-state index contributed by atoms with van der Waals surface area (Å²) in [7, 11) is 0. The molecule has 1 aromatic rings. The van der Waals surface area contributed by atoms with E-state index < -0.39 is 0 Å². The Labute approximate surface area is 86.9 Å². The van der Waals surface area contributed by atoms with Crippen LogP contribution in [0, 0.1) is 0 Å². The summed E-state index contributed by atoms with van der Waals surface area (Å²) in [5.41, 5.74) is 6.72. The molecule has 0 saturated heterocycles. The molecule has 3 heteroatoms. The van der Waals surface area contributed by atoms with E-state index in [4.69, 9.17) is 5.73 Å². The lowest BCUT2D eigenvalue weighted by molar-refractivity contribution is 0.472. The summed E-state index contributed by atoms with van der Waals surface area (Å²) >= 11 is 3.41. The predicted octanol–water partition coefficient (Wildman–Crippen LogP) is 2.39. The number of benzene rings is 1. The summed E-state index contributed by atoms with van der Waals surface area (Å²) in [6.07, 6.45) is 0. The fraction of sp³-hybridized carbons (Fsp3) is 0.400. The summed E-state index contributed by atoms with van der Waals surface area (Å²) < 4.78 is 0.906. The molecule has 0 spiro atoms. The first-order valence-corrected chi connectivity index (χ1v) is 4.96. The van der Waals surface area contributed by atoms with Gasteiger partial charge < -0.3 is 10.8 Å². The highest BCUT2D eigenvalue weighted by Gasteiger charge is 2.21. The lowest BCUT2D eigenvalue weighted by atomic mass is 9.85. The molecule has 0 aliphatic carbocycles. The third-order valence-electron chi connectivity index (χ3n) is 2.19. The van der Waals surface area contributed by atoms with Crippen LogP contribution in [0.2, 0.25) is 0 Å². The minimum Gasteiger partial charge on any atom is -0.508 e. The van der Waals surface area contributed by atoms with Crippen molar-refractivity contribution in [2.75, 3.05) is 6.54 Å². The van der Waals surface area contributed by atoms with Crippen molar-refractivity contribution in [1.29, 1.82) is 0 Å². The van der Waals surface area contributed by atoms with Crippen LogP contribution >= 0.6 is 15.9 Å². The number of halogens is 1. The van der Waals surface area contributed by atoms with E-state index in [9.17, 15) is 5.11 Å². The van der Waals surface area contributed by atoms with Crippen molar-refractivity contribution in [1.82, 2.24) is 0 Å². The second kappa shape index (κ2) is 3.68. The highest BCUT2D eigenvalue weighted by atomic mass is 79.9. The Morgan fingerprint density at radius 3 is 2.54 bits per heavy atom. The first-order chi connectivity index (χ1) is 5.97. The first-order valence-electron chi connectivity index (χ1n) is 4.16.